The summed E-state index contributed by atoms with van der Waals surface area (Å²) in [5.41, 5.74) is 1.15. The number of sulfonamides is 1. The number of hydrogen-bond donors (Lipinski definition) is 1. The number of nitrogens with zero attached hydrogens (tertiary/aromatic N) is 1. The number of rotatable bonds is 7. The molecule has 0 unspecified atom stereocenters. The van der Waals surface area contributed by atoms with Gasteiger partial charge in [0.25, 0.3) is 5.69 Å². The van der Waals surface area contributed by atoms with Crippen molar-refractivity contribution in [3.05, 3.63) is 68.7 Å². The summed E-state index contributed by atoms with van der Waals surface area (Å²) < 4.78 is 26.9. The number of halogens is 1. The third kappa shape index (κ3) is 4.53. The summed E-state index contributed by atoms with van der Waals surface area (Å²) in [6.45, 7) is 1.78. The molecule has 2 aromatic carbocycles. The van der Waals surface area contributed by atoms with Gasteiger partial charge in [0, 0.05) is 23.2 Å². The van der Waals surface area contributed by atoms with Crippen molar-refractivity contribution in [1.82, 2.24) is 4.72 Å². The van der Waals surface area contributed by atoms with Crippen LogP contribution in [-0.4, -0.2) is 19.9 Å². The quantitative estimate of drug-likeness (QED) is 0.460. The van der Waals surface area contributed by atoms with Crippen LogP contribution in [0.15, 0.2) is 47.4 Å². The van der Waals surface area contributed by atoms with E-state index >= 15 is 0 Å². The van der Waals surface area contributed by atoms with Gasteiger partial charge < -0.3 is 0 Å². The predicted molar refractivity (Wildman–Crippen MR) is 92.8 cm³/mol. The van der Waals surface area contributed by atoms with E-state index in [4.69, 9.17) is 11.6 Å². The minimum Gasteiger partial charge on any atom is -0.258 e. The number of nitrogens with one attached hydrogen (secondary N) is 1. The average Bonchev–Trinajstić information content (AvgIpc) is 2.53. The molecule has 24 heavy (non-hydrogen) atoms. The van der Waals surface area contributed by atoms with Crippen molar-refractivity contribution in [2.24, 2.45) is 0 Å². The molecule has 0 fully saturated rings. The molecule has 128 valence electrons. The lowest BCUT2D eigenvalue weighted by Crippen LogP contribution is -2.25. The Morgan fingerprint density at radius 3 is 2.58 bits per heavy atom. The lowest BCUT2D eigenvalue weighted by molar-refractivity contribution is -0.385. The maximum Gasteiger partial charge on any atom is 0.273 e. The van der Waals surface area contributed by atoms with Crippen LogP contribution in [0.25, 0.3) is 0 Å². The van der Waals surface area contributed by atoms with Gasteiger partial charge in [-0.3, -0.25) is 10.1 Å². The molecule has 0 saturated carbocycles. The zero-order chi connectivity index (χ0) is 17.7. The van der Waals surface area contributed by atoms with Gasteiger partial charge in [0.2, 0.25) is 10.0 Å². The van der Waals surface area contributed by atoms with Gasteiger partial charge in [-0.1, -0.05) is 35.9 Å². The van der Waals surface area contributed by atoms with Crippen LogP contribution in [0.5, 0.6) is 0 Å². The zero-order valence-corrected chi connectivity index (χ0v) is 14.6. The van der Waals surface area contributed by atoms with Gasteiger partial charge in [-0.25, -0.2) is 13.1 Å². The average molecular weight is 369 g/mol. The molecule has 0 saturated heterocycles. The molecular weight excluding hydrogens is 352 g/mol. The number of nitro groups is 1. The molecule has 0 heterocycles. The fourth-order valence-electron chi connectivity index (χ4n) is 2.22. The smallest absolute Gasteiger partial charge is 0.258 e. The van der Waals surface area contributed by atoms with E-state index in [9.17, 15) is 18.5 Å². The van der Waals surface area contributed by atoms with Crippen LogP contribution in [0.1, 0.15) is 17.5 Å². The van der Waals surface area contributed by atoms with Gasteiger partial charge >= 0.3 is 0 Å². The van der Waals surface area contributed by atoms with Crippen molar-refractivity contribution in [1.29, 1.82) is 0 Å². The van der Waals surface area contributed by atoms with E-state index in [1.54, 1.807) is 13.0 Å². The second-order valence-corrected chi connectivity index (χ2v) is 7.47. The number of aryl methyl sites for hydroxylation is 2. The van der Waals surface area contributed by atoms with Crippen molar-refractivity contribution in [2.45, 2.75) is 24.7 Å². The van der Waals surface area contributed by atoms with Crippen LogP contribution in [0.3, 0.4) is 0 Å². The Morgan fingerprint density at radius 2 is 1.92 bits per heavy atom. The minimum absolute atomic E-state index is 0.113. The third-order valence-corrected chi connectivity index (χ3v) is 5.39. The Labute approximate surface area is 145 Å². The van der Waals surface area contributed by atoms with Crippen molar-refractivity contribution in [2.75, 3.05) is 6.54 Å². The highest BCUT2D eigenvalue weighted by molar-refractivity contribution is 7.89. The molecule has 6 nitrogen and oxygen atoms in total. The Hall–Kier alpha value is -1.96. The molecule has 0 spiro atoms. The number of nitro benzene ring substituents is 1. The summed E-state index contributed by atoms with van der Waals surface area (Å²) in [4.78, 5) is 10.2. The SMILES string of the molecule is Cc1ccc(S(=O)(=O)NCCCc2ccccc2Cl)cc1[N+](=O)[O-]. The van der Waals surface area contributed by atoms with E-state index in [2.05, 4.69) is 4.72 Å². The van der Waals surface area contributed by atoms with E-state index in [-0.39, 0.29) is 17.1 Å². The molecule has 0 atom stereocenters. The molecule has 2 rings (SSSR count). The van der Waals surface area contributed by atoms with E-state index in [1.807, 2.05) is 18.2 Å². The van der Waals surface area contributed by atoms with Crippen molar-refractivity contribution >= 4 is 27.3 Å². The first-order valence-electron chi connectivity index (χ1n) is 7.29. The van der Waals surface area contributed by atoms with E-state index in [0.717, 1.165) is 11.6 Å². The van der Waals surface area contributed by atoms with E-state index in [0.29, 0.717) is 23.4 Å². The topological polar surface area (TPSA) is 89.3 Å². The third-order valence-electron chi connectivity index (χ3n) is 3.56. The van der Waals surface area contributed by atoms with Gasteiger partial charge in [-0.15, -0.1) is 0 Å². The maximum atomic E-state index is 12.2. The number of benzene rings is 2. The fraction of sp³-hybridized carbons (Fsp3) is 0.250. The molecule has 2 aromatic rings. The first-order valence-corrected chi connectivity index (χ1v) is 9.15. The van der Waals surface area contributed by atoms with Crippen LogP contribution in [0, 0.1) is 17.0 Å². The Kier molecular flexibility index (Phi) is 5.93. The molecule has 8 heteroatoms. The second kappa shape index (κ2) is 7.74. The summed E-state index contributed by atoms with van der Waals surface area (Å²) >= 11 is 6.05. The molecule has 0 aliphatic heterocycles. The van der Waals surface area contributed by atoms with Crippen molar-refractivity contribution < 1.29 is 13.3 Å². The van der Waals surface area contributed by atoms with Gasteiger partial charge in [0.05, 0.1) is 9.82 Å². The predicted octanol–water partition coefficient (Wildman–Crippen LogP) is 3.47. The van der Waals surface area contributed by atoms with E-state index in [1.165, 1.54) is 12.1 Å². The van der Waals surface area contributed by atoms with E-state index < -0.39 is 14.9 Å². The largest absolute Gasteiger partial charge is 0.273 e. The van der Waals surface area contributed by atoms with Crippen LogP contribution < -0.4 is 4.72 Å². The van der Waals surface area contributed by atoms with Crippen LogP contribution >= 0.6 is 11.6 Å². The summed E-state index contributed by atoms with van der Waals surface area (Å²) in [6, 6.07) is 11.2. The van der Waals surface area contributed by atoms with Crippen LogP contribution in [0.2, 0.25) is 5.02 Å². The normalized spacial score (nSPS) is 11.4. The lowest BCUT2D eigenvalue weighted by atomic mass is 10.1. The Balaban J connectivity index is 2.00. The molecule has 0 amide bonds. The fourth-order valence-corrected chi connectivity index (χ4v) is 3.55. The molecule has 0 aliphatic carbocycles. The molecule has 1 N–H and O–H groups in total. The second-order valence-electron chi connectivity index (χ2n) is 5.30. The number of hydrogen-bond acceptors (Lipinski definition) is 4. The summed E-state index contributed by atoms with van der Waals surface area (Å²) in [5, 5.41) is 11.6. The van der Waals surface area contributed by atoms with Crippen molar-refractivity contribution in [3.8, 4) is 0 Å². The Morgan fingerprint density at radius 1 is 1.21 bits per heavy atom. The summed E-state index contributed by atoms with van der Waals surface area (Å²) in [7, 11) is -3.79. The molecule has 0 bridgehead atoms. The highest BCUT2D eigenvalue weighted by Crippen LogP contribution is 2.22. The van der Waals surface area contributed by atoms with Crippen molar-refractivity contribution in [3.63, 3.8) is 0 Å². The van der Waals surface area contributed by atoms with Crippen LogP contribution in [-0.2, 0) is 16.4 Å². The summed E-state index contributed by atoms with van der Waals surface area (Å²) in [6.07, 6.45) is 1.20. The van der Waals surface area contributed by atoms with Gasteiger partial charge in [-0.05, 0) is 37.5 Å². The summed E-state index contributed by atoms with van der Waals surface area (Å²) in [5.74, 6) is 0. The standard InChI is InChI=1S/C16H17ClN2O4S/c1-12-8-9-14(11-16(12)19(20)21)24(22,23)18-10-4-6-13-5-2-3-7-15(13)17/h2-3,5,7-9,11,18H,4,6,10H2,1H3. The highest BCUT2D eigenvalue weighted by Gasteiger charge is 2.19. The molecule has 0 aliphatic rings. The molecule has 0 aromatic heterocycles. The zero-order valence-electron chi connectivity index (χ0n) is 13.0. The van der Waals surface area contributed by atoms with Gasteiger partial charge in [0.1, 0.15) is 0 Å². The first-order chi connectivity index (χ1) is 11.3. The maximum absolute atomic E-state index is 12.2. The van der Waals surface area contributed by atoms with Gasteiger partial charge in [0.15, 0.2) is 0 Å². The first kappa shape index (κ1) is 18.4. The monoisotopic (exact) mass is 368 g/mol. The Bertz CT molecular complexity index is 853. The molecule has 0 radical (unpaired) electrons. The minimum atomic E-state index is -3.79. The van der Waals surface area contributed by atoms with Gasteiger partial charge in [-0.2, -0.15) is 0 Å². The highest BCUT2D eigenvalue weighted by atomic mass is 35.5. The van der Waals surface area contributed by atoms with Crippen LogP contribution in [0.4, 0.5) is 5.69 Å². The lowest BCUT2D eigenvalue weighted by Gasteiger charge is -2.08. The molecular formula is C16H17ClN2O4S.